The van der Waals surface area contributed by atoms with Crippen molar-refractivity contribution in [3.8, 4) is 66.8 Å². The van der Waals surface area contributed by atoms with Gasteiger partial charge in [-0.1, -0.05) is 221 Å². The average molecular weight is 969 g/mol. The van der Waals surface area contributed by atoms with Crippen molar-refractivity contribution in [3.05, 3.63) is 280 Å². The molecule has 0 bridgehead atoms. The van der Waals surface area contributed by atoms with Crippen LogP contribution in [0.2, 0.25) is 0 Å². The number of anilines is 3. The van der Waals surface area contributed by atoms with Crippen LogP contribution < -0.4 is 4.90 Å². The summed E-state index contributed by atoms with van der Waals surface area (Å²) in [5.41, 5.74) is -38.3. The second kappa shape index (κ2) is 14.8. The minimum Gasteiger partial charge on any atom is -0.310 e. The van der Waals surface area contributed by atoms with Crippen molar-refractivity contribution >= 4 is 27.8 Å². The number of rotatable bonds is 5. The molecule has 0 radical (unpaired) electrons. The van der Waals surface area contributed by atoms with Crippen LogP contribution in [0.25, 0.3) is 77.5 Å². The molecule has 0 fully saturated rings. The minimum atomic E-state index is -4.27. The number of benzene rings is 11. The van der Waals surface area contributed by atoms with E-state index in [4.69, 9.17) is 21.9 Å². The SMILES string of the molecule is [2H]c1cc2c(c([2H])c1[2H])C1(c3c([2H])c(N(c4c([2H])c([2H])c(-c5c([2H])c([2H])c6c([2H])c([2H])c([2H])c([2H])c6c5-c5c([2H])c([2H])c6c(c5[2H])-c5c([2H])c([2H])c([2H])c([2H])c5C6(C([2H])([2H])[2H])C([2H])([2H])[2H])c([2H])c4[2H])c4c([2H])c([2H])c5c(c4[2H])C(C([2H])([2H])[2H])(C([2H])([2H])[2H])c4c([2H])c([2H])c([2H])c([2H])c4-5)c([2H])c([2H])c3-2)c2c([2H])c([2H])c([2H])c([2H])c2-c2c([2H])c([2H])c([2H])c([2H])c21. The summed E-state index contributed by atoms with van der Waals surface area (Å²) in [5.74, 6) is 0. The lowest BCUT2D eigenvalue weighted by Crippen LogP contribution is -2.26. The number of nitrogens with zero attached hydrogens (tertiary/aromatic N) is 1. The van der Waals surface area contributed by atoms with Crippen molar-refractivity contribution in [2.75, 3.05) is 4.90 Å². The highest BCUT2D eigenvalue weighted by Crippen LogP contribution is 2.63. The first-order valence-corrected chi connectivity index (χ1v) is 21.5. The van der Waals surface area contributed by atoms with Gasteiger partial charge in [0.15, 0.2) is 0 Å². The fourth-order valence-corrected chi connectivity index (χ4v) is 10.2. The Morgan fingerprint density at radius 2 is 0.778 bits per heavy atom. The van der Waals surface area contributed by atoms with Gasteiger partial charge in [0.1, 0.15) is 0 Å². The minimum absolute atomic E-state index is 0.00719. The zero-order valence-corrected chi connectivity index (χ0v) is 36.0. The number of fused-ring (bicyclic) bond motifs is 17. The van der Waals surface area contributed by atoms with Crippen molar-refractivity contribution in [1.29, 1.82) is 0 Å². The molecule has 4 aliphatic carbocycles. The van der Waals surface area contributed by atoms with Gasteiger partial charge in [-0.15, -0.1) is 0 Å². The first-order chi connectivity index (χ1) is 56.1. The van der Waals surface area contributed by atoms with Crippen molar-refractivity contribution in [2.24, 2.45) is 0 Å². The van der Waals surface area contributed by atoms with E-state index < -0.39 is 412 Å². The fourth-order valence-electron chi connectivity index (χ4n) is 10.2. The summed E-state index contributed by atoms with van der Waals surface area (Å²) in [7, 11) is 0. The van der Waals surface area contributed by atoms with E-state index in [0.717, 1.165) is 6.07 Å². The lowest BCUT2D eigenvalue weighted by molar-refractivity contribution is 0.660. The maximum atomic E-state index is 11.0. The molecule has 0 saturated carbocycles. The standard InChI is InChI=1S/C71H51N/c1-69(2)61-25-13-8-23-56(61)59-41-46(32-40-62(59)69)68-50-18-6-5-17-44(50)31-37-51(68)45-29-33-47(34-30-45)72(48-35-38-57-52-19-7-12-24-60(52)70(3,4)66(57)42-48)49-36-39-58-55-22-11-16-28-65(55)71(67(58)43-49)63-26-14-9-20-53(63)54-21-10-15-27-64(54)71/h5-43H,1-4H3/i1D3,2D3,3D3,4D3,5D,6D,7D,8D,9D,10D,11D,12D,13D,14D,15D,16D,17D,18D,19D,20D,21D,23D,24D,25D,26D,27D,28D,29D,30D,31D,32D,33D,34D,35D,36D,37D,38D,39D,40D,41D,42D,43D. The molecule has 1 spiro atoms. The predicted octanol–water partition coefficient (Wildman–Crippen LogP) is 18.6. The molecule has 72 heavy (non-hydrogen) atoms. The zero-order valence-electron chi connectivity index (χ0n) is 86.0. The molecule has 0 atom stereocenters. The third kappa shape index (κ3) is 5.43. The topological polar surface area (TPSA) is 3.24 Å². The Kier molecular flexibility index (Phi) is 3.13. The van der Waals surface area contributed by atoms with E-state index in [0.29, 0.717) is 0 Å². The van der Waals surface area contributed by atoms with E-state index in [2.05, 4.69) is 0 Å². The Morgan fingerprint density at radius 3 is 1.44 bits per heavy atom. The van der Waals surface area contributed by atoms with Crippen molar-refractivity contribution in [2.45, 2.75) is 43.7 Å². The Hall–Kier alpha value is -8.52. The van der Waals surface area contributed by atoms with Gasteiger partial charge in [0.2, 0.25) is 0 Å². The normalized spacial score (nSPS) is 25.6. The molecule has 4 aliphatic rings. The van der Waals surface area contributed by atoms with Crippen molar-refractivity contribution < 1.29 is 68.5 Å². The molecule has 0 saturated heterocycles. The summed E-state index contributed by atoms with van der Waals surface area (Å²) in [4.78, 5) is 0.00719. The molecule has 1 heteroatoms. The van der Waals surface area contributed by atoms with Crippen molar-refractivity contribution in [3.63, 3.8) is 0 Å². The lowest BCUT2D eigenvalue weighted by Gasteiger charge is -2.32. The zero-order chi connectivity index (χ0) is 91.2. The molecule has 11 aromatic carbocycles. The summed E-state index contributed by atoms with van der Waals surface area (Å²) >= 11 is 0. The van der Waals surface area contributed by atoms with Gasteiger partial charge < -0.3 is 4.90 Å². The van der Waals surface area contributed by atoms with Crippen LogP contribution in [0.1, 0.15) is 140 Å². The van der Waals surface area contributed by atoms with E-state index in [-0.39, 0.29) is 4.90 Å². The summed E-state index contributed by atoms with van der Waals surface area (Å²) in [5, 5.41) is -2.16. The van der Waals surface area contributed by atoms with Gasteiger partial charge in [-0.25, -0.2) is 0 Å². The number of hydrogen-bond donors (Lipinski definition) is 0. The Labute approximate surface area is 492 Å². The molecular formula is C71H51N. The van der Waals surface area contributed by atoms with Gasteiger partial charge in [-0.05, 0) is 164 Å². The molecule has 11 aromatic rings. The first kappa shape index (κ1) is 15.2. The predicted molar refractivity (Wildman–Crippen MR) is 301 cm³/mol. The van der Waals surface area contributed by atoms with Crippen LogP contribution in [0.4, 0.5) is 17.1 Å². The molecule has 0 amide bonds. The molecule has 0 N–H and O–H groups in total. The smallest absolute Gasteiger partial charge is 0.0726 e. The second-order valence-corrected chi connectivity index (χ2v) is 16.8. The van der Waals surface area contributed by atoms with E-state index in [1.54, 1.807) is 0 Å². The molecule has 340 valence electrons. The average Bonchev–Trinajstić information content (AvgIpc) is 1.47. The Bertz CT molecular complexity index is 6730. The fraction of sp³-hybridized carbons (Fsp3) is 0.0986. The maximum absolute atomic E-state index is 11.0. The first-order valence-electron chi connectivity index (χ1n) is 46.5. The van der Waals surface area contributed by atoms with Crippen LogP contribution in [0.15, 0.2) is 236 Å². The van der Waals surface area contributed by atoms with Gasteiger partial charge in [0.25, 0.3) is 0 Å². The van der Waals surface area contributed by atoms with E-state index >= 15 is 0 Å². The largest absolute Gasteiger partial charge is 0.310 e. The van der Waals surface area contributed by atoms with E-state index in [1.165, 1.54) is 0 Å². The Morgan fingerprint density at radius 1 is 0.319 bits per heavy atom. The van der Waals surface area contributed by atoms with Gasteiger partial charge >= 0.3 is 0 Å². The molecule has 0 heterocycles. The quantitative estimate of drug-likeness (QED) is 0.166. The van der Waals surface area contributed by atoms with Crippen LogP contribution in [0, 0.1) is 0 Å². The highest BCUT2D eigenvalue weighted by Gasteiger charge is 2.52. The molecule has 15 rings (SSSR count). The lowest BCUT2D eigenvalue weighted by atomic mass is 9.70. The summed E-state index contributed by atoms with van der Waals surface area (Å²) in [6.45, 7) is -16.7. The number of hydrogen-bond acceptors (Lipinski definition) is 1. The van der Waals surface area contributed by atoms with Gasteiger partial charge in [-0.3, -0.25) is 0 Å². The summed E-state index contributed by atoms with van der Waals surface area (Å²) < 4.78 is 475. The third-order valence-electron chi connectivity index (χ3n) is 13.2. The van der Waals surface area contributed by atoms with Crippen LogP contribution in [-0.2, 0) is 16.2 Å². The van der Waals surface area contributed by atoms with Crippen LogP contribution >= 0.6 is 0 Å². The monoisotopic (exact) mass is 968 g/mol. The highest BCUT2D eigenvalue weighted by atomic mass is 15.1. The molecule has 0 unspecified atom stereocenters. The second-order valence-electron chi connectivity index (χ2n) is 16.8. The van der Waals surface area contributed by atoms with Gasteiger partial charge in [0, 0.05) is 44.3 Å². The van der Waals surface area contributed by atoms with Crippen LogP contribution in [-0.4, -0.2) is 0 Å². The van der Waals surface area contributed by atoms with Crippen LogP contribution in [0.3, 0.4) is 0 Å². The summed E-state index contributed by atoms with van der Waals surface area (Å²) in [6.07, 6.45) is 0. The van der Waals surface area contributed by atoms with Gasteiger partial charge in [-0.2, -0.15) is 0 Å². The maximum Gasteiger partial charge on any atom is 0.0726 e. The van der Waals surface area contributed by atoms with Gasteiger partial charge in [0.05, 0.1) is 57.5 Å². The molecule has 0 aromatic heterocycles. The highest BCUT2D eigenvalue weighted by molar-refractivity contribution is 6.05. The molecular weight excluding hydrogens is 867 g/mol. The van der Waals surface area contributed by atoms with E-state index in [9.17, 15) is 46.6 Å². The van der Waals surface area contributed by atoms with E-state index in [1.807, 2.05) is 0 Å². The third-order valence-corrected chi connectivity index (χ3v) is 13.2. The Balaban J connectivity index is 1.19. The van der Waals surface area contributed by atoms with Crippen molar-refractivity contribution in [1.82, 2.24) is 0 Å². The molecule has 0 aliphatic heterocycles. The van der Waals surface area contributed by atoms with Crippen LogP contribution in [0.5, 0.6) is 0 Å². The molecule has 1 nitrogen and oxygen atoms in total. The summed E-state index contributed by atoms with van der Waals surface area (Å²) in [6, 6.07) is -50.3.